The van der Waals surface area contributed by atoms with E-state index in [1.54, 1.807) is 30.1 Å². The molecule has 1 N–H and O–H groups in total. The molecule has 1 heterocycles. The van der Waals surface area contributed by atoms with E-state index in [0.29, 0.717) is 17.1 Å². The number of ketones is 1. The summed E-state index contributed by atoms with van der Waals surface area (Å²) in [6.07, 6.45) is 0. The predicted octanol–water partition coefficient (Wildman–Crippen LogP) is 1.90. The van der Waals surface area contributed by atoms with E-state index in [1.165, 1.54) is 0 Å². The summed E-state index contributed by atoms with van der Waals surface area (Å²) in [5.41, 5.74) is 6.15. The number of Topliss-reactive ketones (excluding diaryl/α,β-unsaturated/α-hetero) is 1. The number of hydrogen-bond acceptors (Lipinski definition) is 5. The summed E-state index contributed by atoms with van der Waals surface area (Å²) < 4.78 is 10.4. The van der Waals surface area contributed by atoms with Gasteiger partial charge < -0.3 is 24.9 Å². The topological polar surface area (TPSA) is 79.6 Å². The van der Waals surface area contributed by atoms with E-state index in [9.17, 15) is 4.79 Å². The molecule has 1 aromatic rings. The van der Waals surface area contributed by atoms with Gasteiger partial charge in [0.1, 0.15) is 0 Å². The van der Waals surface area contributed by atoms with Gasteiger partial charge in [-0.25, -0.2) is 0 Å². The molecule has 1 aliphatic heterocycles. The molecule has 1 unspecified atom stereocenters. The van der Waals surface area contributed by atoms with E-state index in [4.69, 9.17) is 20.0 Å². The normalized spacial score (nSPS) is 12.8. The Morgan fingerprint density at radius 1 is 1.45 bits per heavy atom. The first-order valence-electron chi connectivity index (χ1n) is 5.59. The first-order chi connectivity index (χ1) is 9.01. The SMILES string of the molecule is [CH2-]N(C)C(C)C(=O)c1ccc2c(c1)OCO2.[NH-]C=O.[Rf]. The summed E-state index contributed by atoms with van der Waals surface area (Å²) in [5, 5.41) is 0. The van der Waals surface area contributed by atoms with Crippen LogP contribution in [-0.2, 0) is 4.79 Å². The number of hydrogen-bond donors (Lipinski definition) is 0. The third kappa shape index (κ3) is 3.71. The van der Waals surface area contributed by atoms with E-state index < -0.39 is 0 Å². The molecule has 20 heavy (non-hydrogen) atoms. The zero-order valence-corrected chi connectivity index (χ0v) is 18.0. The Bertz CT molecular complexity index is 466. The van der Waals surface area contributed by atoms with Crippen molar-refractivity contribution in [3.63, 3.8) is 0 Å². The second-order valence-corrected chi connectivity index (χ2v) is 3.98. The van der Waals surface area contributed by atoms with Crippen molar-refractivity contribution >= 4 is 12.2 Å². The van der Waals surface area contributed by atoms with Crippen molar-refractivity contribution < 1.29 is 19.1 Å². The summed E-state index contributed by atoms with van der Waals surface area (Å²) in [6.45, 7) is 2.04. The Labute approximate surface area is 112 Å². The molecule has 1 aromatic carbocycles. The van der Waals surface area contributed by atoms with E-state index in [-0.39, 0.29) is 25.0 Å². The van der Waals surface area contributed by atoms with Crippen LogP contribution >= 0.6 is 0 Å². The van der Waals surface area contributed by atoms with Gasteiger partial charge in [-0.05, 0) is 32.2 Å². The largest absolute Gasteiger partial charge is 0.671 e. The Morgan fingerprint density at radius 2 is 2.00 bits per heavy atom. The first-order valence-corrected chi connectivity index (χ1v) is 5.59. The fraction of sp³-hybridized carbons (Fsp3) is 0.308. The molecule has 0 fully saturated rings. The van der Waals surface area contributed by atoms with E-state index in [1.807, 2.05) is 6.92 Å². The van der Waals surface area contributed by atoms with Crippen molar-refractivity contribution in [1.82, 2.24) is 4.90 Å². The zero-order chi connectivity index (χ0) is 14.4. The molecule has 106 valence electrons. The number of rotatable bonds is 3. The maximum absolute atomic E-state index is 12.0. The number of amides is 1. The van der Waals surface area contributed by atoms with Gasteiger partial charge in [0.25, 0.3) is 0 Å². The van der Waals surface area contributed by atoms with Gasteiger partial charge in [0.15, 0.2) is 17.3 Å². The molecule has 1 amide bonds. The van der Waals surface area contributed by atoms with Crippen molar-refractivity contribution in [3.05, 3.63) is 36.5 Å². The van der Waals surface area contributed by atoms with Gasteiger partial charge in [-0.2, -0.15) is 0 Å². The number of ether oxygens (including phenoxy) is 2. The van der Waals surface area contributed by atoms with Gasteiger partial charge in [-0.3, -0.25) is 11.8 Å². The van der Waals surface area contributed by atoms with Crippen LogP contribution < -0.4 is 9.47 Å². The molecule has 0 aromatic heterocycles. The molecule has 7 heteroatoms. The molecule has 0 radical (unpaired) electrons. The van der Waals surface area contributed by atoms with Crippen LogP contribution in [0.2, 0.25) is 0 Å². The summed E-state index contributed by atoms with van der Waals surface area (Å²) in [7, 11) is 5.49. The molecule has 0 saturated carbocycles. The molecular formula is C13H16N2O4Rf-2. The fourth-order valence-corrected chi connectivity index (χ4v) is 1.49. The van der Waals surface area contributed by atoms with Crippen LogP contribution in [0, 0.1) is 7.05 Å². The summed E-state index contributed by atoms with van der Waals surface area (Å²) in [6, 6.07) is 4.96. The van der Waals surface area contributed by atoms with Gasteiger partial charge >= 0.3 is 0 Å². The van der Waals surface area contributed by atoms with E-state index in [0.717, 1.165) is 0 Å². The van der Waals surface area contributed by atoms with Crippen LogP contribution in [0.4, 0.5) is 0 Å². The molecular weight excluding hydrogens is 515 g/mol. The number of carbonyl (C=O) groups is 2. The van der Waals surface area contributed by atoms with Crippen molar-refractivity contribution in [2.75, 3.05) is 13.8 Å². The number of likely N-dealkylation sites (N-methyl/N-ethyl adjacent to an activating group) is 1. The van der Waals surface area contributed by atoms with Gasteiger partial charge in [0.2, 0.25) is 6.79 Å². The van der Waals surface area contributed by atoms with Crippen molar-refractivity contribution in [3.8, 4) is 11.5 Å². The number of nitrogens with zero attached hydrogens (tertiary/aromatic N) is 1. The van der Waals surface area contributed by atoms with Crippen LogP contribution in [0.15, 0.2) is 18.2 Å². The molecule has 1 atom stereocenters. The van der Waals surface area contributed by atoms with Gasteiger partial charge in [-0.1, -0.05) is 0 Å². The minimum atomic E-state index is -0.250. The molecule has 6 nitrogen and oxygen atoms in total. The van der Waals surface area contributed by atoms with Crippen molar-refractivity contribution in [2.45, 2.75) is 13.0 Å². The predicted molar refractivity (Wildman–Crippen MR) is 69.9 cm³/mol. The summed E-state index contributed by atoms with van der Waals surface area (Å²) >= 11 is 0. The van der Waals surface area contributed by atoms with Crippen molar-refractivity contribution in [2.24, 2.45) is 0 Å². The average Bonchev–Trinajstić information content (AvgIpc) is 2.84. The van der Waals surface area contributed by atoms with Crippen molar-refractivity contribution in [1.29, 1.82) is 0 Å². The third-order valence-corrected chi connectivity index (χ3v) is 2.70. The van der Waals surface area contributed by atoms with Crippen LogP contribution in [0.1, 0.15) is 17.3 Å². The van der Waals surface area contributed by atoms with Gasteiger partial charge in [-0.15, -0.1) is 0 Å². The second kappa shape index (κ2) is 7.38. The minimum Gasteiger partial charge on any atom is -0.671 e. The summed E-state index contributed by atoms with van der Waals surface area (Å²) in [4.78, 5) is 22.1. The van der Waals surface area contributed by atoms with Gasteiger partial charge in [0.05, 0.1) is 0 Å². The van der Waals surface area contributed by atoms with E-state index >= 15 is 0 Å². The Morgan fingerprint density at radius 3 is 2.55 bits per heavy atom. The van der Waals surface area contributed by atoms with Crippen LogP contribution in [0.3, 0.4) is 0 Å². The second-order valence-electron chi connectivity index (χ2n) is 3.98. The number of fused-ring (bicyclic) bond motifs is 1. The molecule has 2 rings (SSSR count). The zero-order valence-electron chi connectivity index (χ0n) is 11.6. The molecule has 0 spiro atoms. The Kier molecular flexibility index (Phi) is 6.24. The van der Waals surface area contributed by atoms with Crippen LogP contribution in [0.25, 0.3) is 5.73 Å². The van der Waals surface area contributed by atoms with Crippen LogP contribution in [0.5, 0.6) is 11.5 Å². The Hall–Kier alpha value is -3.08. The maximum atomic E-state index is 12.0. The quantitative estimate of drug-likeness (QED) is 0.339. The summed E-state index contributed by atoms with van der Waals surface area (Å²) in [5.74, 6) is 1.34. The number of carbonyl (C=O) groups excluding carboxylic acids is 2. The average molecular weight is 531 g/mol. The van der Waals surface area contributed by atoms with E-state index in [2.05, 4.69) is 7.05 Å². The molecule has 0 aliphatic carbocycles. The Balaban J connectivity index is 0.000000830. The third-order valence-electron chi connectivity index (χ3n) is 2.70. The number of benzene rings is 1. The first kappa shape index (κ1) is 16.9. The smallest absolute Gasteiger partial charge is 0.231 e. The minimum absolute atomic E-state index is 0. The standard InChI is InChI=1S/C12H14NO3.CH3NO.Rf/c1-8(13(2)3)12(14)9-4-5-10-11(6-9)16-7-15-10;2-1-3;/h4-6,8H,2,7H2,1,3H3;1H,(H2,2,3);/q-1;;/p-1. The molecule has 0 bridgehead atoms. The monoisotopic (exact) mass is 531 g/mol. The fourth-order valence-electron chi connectivity index (χ4n) is 1.49. The van der Waals surface area contributed by atoms with Crippen LogP contribution in [-0.4, -0.2) is 37.0 Å². The molecule has 1 aliphatic rings. The van der Waals surface area contributed by atoms with Gasteiger partial charge in [0, 0.05) is 18.0 Å². The molecule has 0 saturated heterocycles. The number of nitrogens with one attached hydrogen (secondary N) is 1. The maximum Gasteiger partial charge on any atom is 0.231 e.